The molecule has 0 heterocycles. The zero-order chi connectivity index (χ0) is 12.8. The van der Waals surface area contributed by atoms with E-state index in [2.05, 4.69) is 19.2 Å². The minimum absolute atomic E-state index is 0.255. The van der Waals surface area contributed by atoms with Crippen LogP contribution in [0.3, 0.4) is 0 Å². The Bertz CT molecular complexity index is 355. The Morgan fingerprint density at radius 2 is 1.94 bits per heavy atom. The summed E-state index contributed by atoms with van der Waals surface area (Å²) in [7, 11) is 1.96. The third kappa shape index (κ3) is 5.09. The van der Waals surface area contributed by atoms with Gasteiger partial charge in [-0.05, 0) is 42.5 Å². The molecular weight excluding hydrogens is 273 g/mol. The monoisotopic (exact) mass is 291 g/mol. The van der Waals surface area contributed by atoms with E-state index in [1.807, 2.05) is 37.0 Å². The molecule has 0 amide bonds. The second-order valence-corrected chi connectivity index (χ2v) is 6.36. The first-order valence-corrected chi connectivity index (χ1v) is 7.65. The van der Waals surface area contributed by atoms with Crippen LogP contribution in [0.25, 0.3) is 0 Å². The predicted molar refractivity (Wildman–Crippen MR) is 80.4 cm³/mol. The third-order valence-electron chi connectivity index (χ3n) is 2.42. The summed E-state index contributed by atoms with van der Waals surface area (Å²) in [6, 6.07) is 5.88. The lowest BCUT2D eigenvalue weighted by Gasteiger charge is -2.18. The zero-order valence-electron chi connectivity index (χ0n) is 10.5. The molecule has 1 aromatic carbocycles. The molecule has 0 radical (unpaired) electrons. The van der Waals surface area contributed by atoms with Crippen LogP contribution in [0.4, 0.5) is 0 Å². The quantitative estimate of drug-likeness (QED) is 0.819. The Labute approximate surface area is 118 Å². The number of benzene rings is 1. The molecule has 1 N–H and O–H groups in total. The normalized spacial score (nSPS) is 13.1. The van der Waals surface area contributed by atoms with Crippen molar-refractivity contribution in [3.8, 4) is 0 Å². The molecule has 1 unspecified atom stereocenters. The maximum absolute atomic E-state index is 6.20. The molecule has 1 rings (SSSR count). The van der Waals surface area contributed by atoms with Crippen molar-refractivity contribution in [2.75, 3.05) is 18.6 Å². The number of nitrogens with one attached hydrogen (secondary N) is 1. The van der Waals surface area contributed by atoms with Crippen LogP contribution in [0.1, 0.15) is 25.5 Å². The van der Waals surface area contributed by atoms with E-state index in [9.17, 15) is 0 Å². The van der Waals surface area contributed by atoms with Gasteiger partial charge in [0.25, 0.3) is 0 Å². The highest BCUT2D eigenvalue weighted by Crippen LogP contribution is 2.28. The van der Waals surface area contributed by atoms with E-state index in [4.69, 9.17) is 23.2 Å². The first-order chi connectivity index (χ1) is 8.04. The minimum Gasteiger partial charge on any atom is -0.312 e. The van der Waals surface area contributed by atoms with Gasteiger partial charge < -0.3 is 5.32 Å². The molecule has 0 aromatic heterocycles. The van der Waals surface area contributed by atoms with Gasteiger partial charge in [-0.1, -0.05) is 37.0 Å². The van der Waals surface area contributed by atoms with Crippen LogP contribution in [0.5, 0.6) is 0 Å². The van der Waals surface area contributed by atoms with E-state index >= 15 is 0 Å². The summed E-state index contributed by atoms with van der Waals surface area (Å²) < 4.78 is 0. The van der Waals surface area contributed by atoms with E-state index in [0.29, 0.717) is 5.92 Å². The molecule has 17 heavy (non-hydrogen) atoms. The highest BCUT2D eigenvalue weighted by atomic mass is 35.5. The van der Waals surface area contributed by atoms with Crippen molar-refractivity contribution in [3.05, 3.63) is 33.8 Å². The smallest absolute Gasteiger partial charge is 0.0455 e. The molecular formula is C13H19Cl2NS. The van der Waals surface area contributed by atoms with Gasteiger partial charge in [-0.2, -0.15) is 11.8 Å². The first-order valence-electron chi connectivity index (χ1n) is 5.74. The van der Waals surface area contributed by atoms with Gasteiger partial charge in [0.05, 0.1) is 0 Å². The van der Waals surface area contributed by atoms with Crippen molar-refractivity contribution in [3.63, 3.8) is 0 Å². The van der Waals surface area contributed by atoms with Crippen molar-refractivity contribution in [2.24, 2.45) is 5.92 Å². The summed E-state index contributed by atoms with van der Waals surface area (Å²) in [5, 5.41) is 4.81. The van der Waals surface area contributed by atoms with Gasteiger partial charge in [-0.3, -0.25) is 0 Å². The van der Waals surface area contributed by atoms with Gasteiger partial charge >= 0.3 is 0 Å². The van der Waals surface area contributed by atoms with Gasteiger partial charge in [0.1, 0.15) is 0 Å². The fourth-order valence-electron chi connectivity index (χ4n) is 1.53. The summed E-state index contributed by atoms with van der Waals surface area (Å²) in [6.45, 7) is 4.46. The first kappa shape index (κ1) is 15.2. The molecule has 0 spiro atoms. The lowest BCUT2D eigenvalue weighted by atomic mass is 10.1. The fourth-order valence-corrected chi connectivity index (χ4v) is 3.15. The molecule has 0 aliphatic rings. The van der Waals surface area contributed by atoms with Crippen molar-refractivity contribution in [1.29, 1.82) is 0 Å². The second-order valence-electron chi connectivity index (χ2n) is 4.44. The highest BCUT2D eigenvalue weighted by Gasteiger charge is 2.13. The van der Waals surface area contributed by atoms with Gasteiger partial charge in [-0.15, -0.1) is 0 Å². The molecule has 1 atom stereocenters. The van der Waals surface area contributed by atoms with Crippen LogP contribution >= 0.6 is 35.0 Å². The average molecular weight is 292 g/mol. The van der Waals surface area contributed by atoms with Gasteiger partial charge in [-0.25, -0.2) is 0 Å². The van der Waals surface area contributed by atoms with Crippen molar-refractivity contribution < 1.29 is 0 Å². The van der Waals surface area contributed by atoms with Gasteiger partial charge in [0.15, 0.2) is 0 Å². The van der Waals surface area contributed by atoms with Crippen molar-refractivity contribution in [1.82, 2.24) is 5.32 Å². The Morgan fingerprint density at radius 1 is 1.24 bits per heavy atom. The van der Waals surface area contributed by atoms with E-state index in [1.165, 1.54) is 0 Å². The Balaban J connectivity index is 2.68. The molecule has 1 nitrogen and oxygen atoms in total. The van der Waals surface area contributed by atoms with E-state index in [-0.39, 0.29) is 6.04 Å². The molecule has 0 fully saturated rings. The maximum atomic E-state index is 6.20. The average Bonchev–Trinajstić information content (AvgIpc) is 2.28. The van der Waals surface area contributed by atoms with Crippen molar-refractivity contribution >= 4 is 35.0 Å². The van der Waals surface area contributed by atoms with Crippen molar-refractivity contribution in [2.45, 2.75) is 19.9 Å². The minimum atomic E-state index is 0.255. The van der Waals surface area contributed by atoms with Crippen LogP contribution < -0.4 is 5.32 Å². The standard InChI is InChI=1S/C13H19Cl2NS/c1-9(2)7-17-8-13(16-3)11-6-10(14)4-5-12(11)15/h4-6,9,13,16H,7-8H2,1-3H3. The summed E-state index contributed by atoms with van der Waals surface area (Å²) in [4.78, 5) is 0. The largest absolute Gasteiger partial charge is 0.312 e. The highest BCUT2D eigenvalue weighted by molar-refractivity contribution is 7.99. The van der Waals surface area contributed by atoms with Crippen LogP contribution in [-0.2, 0) is 0 Å². The summed E-state index contributed by atoms with van der Waals surface area (Å²) in [5.74, 6) is 2.89. The Morgan fingerprint density at radius 3 is 2.53 bits per heavy atom. The maximum Gasteiger partial charge on any atom is 0.0455 e. The number of hydrogen-bond acceptors (Lipinski definition) is 2. The molecule has 96 valence electrons. The molecule has 4 heteroatoms. The second kappa shape index (κ2) is 7.52. The summed E-state index contributed by atoms with van der Waals surface area (Å²) >= 11 is 14.2. The van der Waals surface area contributed by atoms with Crippen LogP contribution in [-0.4, -0.2) is 18.6 Å². The number of rotatable bonds is 6. The van der Waals surface area contributed by atoms with E-state index in [1.54, 1.807) is 0 Å². The molecule has 0 bridgehead atoms. The van der Waals surface area contributed by atoms with Crippen LogP contribution in [0.2, 0.25) is 10.0 Å². The molecule has 0 saturated heterocycles. The third-order valence-corrected chi connectivity index (χ3v) is 4.47. The predicted octanol–water partition coefficient (Wildman–Crippen LogP) is 4.64. The number of halogens is 2. The van der Waals surface area contributed by atoms with Gasteiger partial charge in [0, 0.05) is 21.8 Å². The topological polar surface area (TPSA) is 12.0 Å². The summed E-state index contributed by atoms with van der Waals surface area (Å²) in [6.07, 6.45) is 0. The van der Waals surface area contributed by atoms with Crippen LogP contribution in [0.15, 0.2) is 18.2 Å². The molecule has 0 saturated carbocycles. The Kier molecular flexibility index (Phi) is 6.71. The SMILES string of the molecule is CNC(CSCC(C)C)c1cc(Cl)ccc1Cl. The van der Waals surface area contributed by atoms with Crippen LogP contribution in [0, 0.1) is 5.92 Å². The van der Waals surface area contributed by atoms with E-state index in [0.717, 1.165) is 27.1 Å². The number of hydrogen-bond donors (Lipinski definition) is 1. The fraction of sp³-hybridized carbons (Fsp3) is 0.538. The molecule has 1 aromatic rings. The summed E-state index contributed by atoms with van der Waals surface area (Å²) in [5.41, 5.74) is 1.08. The zero-order valence-corrected chi connectivity index (χ0v) is 12.8. The Hall–Kier alpha value is 0.110. The van der Waals surface area contributed by atoms with Gasteiger partial charge in [0.2, 0.25) is 0 Å². The molecule has 0 aliphatic carbocycles. The molecule has 0 aliphatic heterocycles. The number of thioether (sulfide) groups is 1. The van der Waals surface area contributed by atoms with E-state index < -0.39 is 0 Å². The lowest BCUT2D eigenvalue weighted by Crippen LogP contribution is -2.19. The lowest BCUT2D eigenvalue weighted by molar-refractivity contribution is 0.659.